The number of halogens is 2. The van der Waals surface area contributed by atoms with Gasteiger partial charge in [-0.25, -0.2) is 0 Å². The first-order valence-electron chi connectivity index (χ1n) is 7.50. The molecule has 17 heavy (non-hydrogen) atoms. The van der Waals surface area contributed by atoms with Crippen LogP contribution in [0.25, 0.3) is 0 Å². The van der Waals surface area contributed by atoms with Crippen LogP contribution in [-0.2, 0) is 0 Å². The summed E-state index contributed by atoms with van der Waals surface area (Å²) in [6.45, 7) is 4.56. The molecule has 104 valence electrons. The highest BCUT2D eigenvalue weighted by Gasteiger charge is 2.24. The highest BCUT2D eigenvalue weighted by molar-refractivity contribution is 9.51. The third-order valence-electron chi connectivity index (χ3n) is 3.29. The molecule has 0 N–H and O–H groups in total. The van der Waals surface area contributed by atoms with Crippen LogP contribution >= 0.6 is 30.6 Å². The molecular weight excluding hydrogens is 356 g/mol. The molecule has 0 nitrogen and oxygen atoms in total. The zero-order valence-electron chi connectivity index (χ0n) is 11.7. The fourth-order valence-electron chi connectivity index (χ4n) is 2.10. The van der Waals surface area contributed by atoms with Crippen molar-refractivity contribution in [2.75, 3.05) is 0 Å². The minimum atomic E-state index is -1.20. The van der Waals surface area contributed by atoms with Crippen molar-refractivity contribution in [3.8, 4) is 0 Å². The normalized spacial score (nSPS) is 12.0. The van der Waals surface area contributed by atoms with Crippen molar-refractivity contribution in [1.82, 2.24) is 0 Å². The van der Waals surface area contributed by atoms with E-state index in [9.17, 15) is 0 Å². The fraction of sp³-hybridized carbons (Fsp3) is 1.00. The van der Waals surface area contributed by atoms with E-state index in [1.54, 1.807) is 0 Å². The van der Waals surface area contributed by atoms with Crippen molar-refractivity contribution in [1.29, 1.82) is 0 Å². The van der Waals surface area contributed by atoms with Gasteiger partial charge in [0.2, 0.25) is 5.31 Å². The third-order valence-corrected chi connectivity index (χ3v) is 10.2. The summed E-state index contributed by atoms with van der Waals surface area (Å²) in [4.78, 5) is 0. The predicted octanol–water partition coefficient (Wildman–Crippen LogP) is 7.16. The number of rotatable bonds is 12. The van der Waals surface area contributed by atoms with Crippen LogP contribution in [0.15, 0.2) is 0 Å². The first-order chi connectivity index (χ1) is 8.12. The molecule has 0 saturated carbocycles. The van der Waals surface area contributed by atoms with Crippen molar-refractivity contribution in [2.24, 2.45) is 0 Å². The quantitative estimate of drug-likeness (QED) is 0.190. The smallest absolute Gasteiger partial charge is 0.111 e. The van der Waals surface area contributed by atoms with Gasteiger partial charge < -0.3 is 0 Å². The Kier molecular flexibility index (Phi) is 13.1. The summed E-state index contributed by atoms with van der Waals surface area (Å²) in [5.74, 6) is 0. The number of unbranched alkanes of at least 4 members (excludes halogenated alkanes) is 8. The van der Waals surface area contributed by atoms with E-state index in [2.05, 4.69) is 44.4 Å². The van der Waals surface area contributed by atoms with E-state index in [1.807, 2.05) is 0 Å². The van der Waals surface area contributed by atoms with Gasteiger partial charge in [-0.05, 0) is 12.1 Å². The molecule has 0 aromatic heterocycles. The van der Waals surface area contributed by atoms with Crippen LogP contribution in [0.5, 0.6) is 0 Å². The van der Waals surface area contributed by atoms with E-state index < -0.39 is 5.31 Å². The molecule has 0 aromatic rings. The average molecular weight is 386 g/mol. The second-order valence-electron chi connectivity index (χ2n) is 5.18. The van der Waals surface area contributed by atoms with E-state index >= 15 is 0 Å². The zero-order chi connectivity index (χ0) is 13.0. The first kappa shape index (κ1) is 18.2. The molecular formula is C14H30Br2Si. The van der Waals surface area contributed by atoms with Crippen LogP contribution in [0.1, 0.15) is 78.1 Å². The van der Waals surface area contributed by atoms with Crippen LogP contribution < -0.4 is 0 Å². The third kappa shape index (κ3) is 13.4. The van der Waals surface area contributed by atoms with Gasteiger partial charge in [-0.15, -0.1) is 30.6 Å². The molecule has 0 fully saturated rings. The van der Waals surface area contributed by atoms with E-state index in [0.29, 0.717) is 0 Å². The van der Waals surface area contributed by atoms with Crippen LogP contribution in [0.2, 0.25) is 12.1 Å². The van der Waals surface area contributed by atoms with Crippen molar-refractivity contribution in [3.63, 3.8) is 0 Å². The van der Waals surface area contributed by atoms with E-state index in [0.717, 1.165) is 0 Å². The molecule has 0 heterocycles. The molecule has 0 aliphatic heterocycles. The second-order valence-corrected chi connectivity index (χ2v) is 20.2. The summed E-state index contributed by atoms with van der Waals surface area (Å²) in [7, 11) is 0. The van der Waals surface area contributed by atoms with Crippen molar-refractivity contribution in [3.05, 3.63) is 0 Å². The van der Waals surface area contributed by atoms with Gasteiger partial charge in [-0.3, -0.25) is 0 Å². The van der Waals surface area contributed by atoms with Crippen LogP contribution in [0.4, 0.5) is 0 Å². The minimum absolute atomic E-state index is 1.20. The monoisotopic (exact) mass is 384 g/mol. The molecule has 0 aliphatic carbocycles. The molecule has 0 unspecified atom stereocenters. The molecule has 0 spiro atoms. The number of hydrogen-bond acceptors (Lipinski definition) is 0. The first-order valence-corrected chi connectivity index (χ1v) is 14.4. The van der Waals surface area contributed by atoms with Gasteiger partial charge in [0.05, 0.1) is 0 Å². The van der Waals surface area contributed by atoms with Gasteiger partial charge in [-0.1, -0.05) is 78.1 Å². The largest absolute Gasteiger partial charge is 0.201 e. The highest BCUT2D eigenvalue weighted by Crippen LogP contribution is 2.34. The minimum Gasteiger partial charge on any atom is -0.111 e. The van der Waals surface area contributed by atoms with Gasteiger partial charge in [0, 0.05) is 0 Å². The topological polar surface area (TPSA) is 0 Å². The van der Waals surface area contributed by atoms with E-state index in [4.69, 9.17) is 0 Å². The lowest BCUT2D eigenvalue weighted by molar-refractivity contribution is 0.623. The molecule has 0 amide bonds. The van der Waals surface area contributed by atoms with Crippen molar-refractivity contribution < 1.29 is 0 Å². The number of hydrogen-bond donors (Lipinski definition) is 0. The Morgan fingerprint density at radius 1 is 0.588 bits per heavy atom. The summed E-state index contributed by atoms with van der Waals surface area (Å²) in [6.07, 6.45) is 14.1. The van der Waals surface area contributed by atoms with Crippen LogP contribution in [0, 0.1) is 0 Å². The maximum absolute atomic E-state index is 3.97. The summed E-state index contributed by atoms with van der Waals surface area (Å²) in [6, 6.07) is 2.81. The summed E-state index contributed by atoms with van der Waals surface area (Å²) in [5, 5.41) is -1.20. The van der Waals surface area contributed by atoms with Gasteiger partial charge in [0.1, 0.15) is 0 Å². The molecule has 0 atom stereocenters. The van der Waals surface area contributed by atoms with Gasteiger partial charge in [-0.2, -0.15) is 0 Å². The summed E-state index contributed by atoms with van der Waals surface area (Å²) >= 11 is 7.95. The maximum atomic E-state index is 3.97. The van der Waals surface area contributed by atoms with Crippen LogP contribution in [0.3, 0.4) is 0 Å². The maximum Gasteiger partial charge on any atom is 0.201 e. The summed E-state index contributed by atoms with van der Waals surface area (Å²) < 4.78 is 0. The van der Waals surface area contributed by atoms with Crippen LogP contribution in [-0.4, -0.2) is 5.31 Å². The Morgan fingerprint density at radius 2 is 0.941 bits per heavy atom. The lowest BCUT2D eigenvalue weighted by Crippen LogP contribution is -2.16. The Hall–Kier alpha value is 1.18. The lowest BCUT2D eigenvalue weighted by Gasteiger charge is -2.17. The Balaban J connectivity index is 3.37. The molecule has 3 heteroatoms. The molecule has 0 bridgehead atoms. The molecule has 0 rings (SSSR count). The van der Waals surface area contributed by atoms with Gasteiger partial charge in [0.25, 0.3) is 0 Å². The predicted molar refractivity (Wildman–Crippen MR) is 90.7 cm³/mol. The standard InChI is InChI=1S/C14H30Br2Si/c1-3-5-7-9-10-12-14-17(15,16)13-11-8-6-4-2/h3-14H2,1-2H3. The molecule has 0 radical (unpaired) electrons. The SMILES string of the molecule is CCCCCCCC[Si](Br)(Br)CCCCCC. The highest BCUT2D eigenvalue weighted by atomic mass is 79.9. The fourth-order valence-corrected chi connectivity index (χ4v) is 7.25. The van der Waals surface area contributed by atoms with E-state index in [1.165, 1.54) is 76.3 Å². The Morgan fingerprint density at radius 3 is 1.41 bits per heavy atom. The lowest BCUT2D eigenvalue weighted by atomic mass is 10.1. The average Bonchev–Trinajstić information content (AvgIpc) is 2.29. The van der Waals surface area contributed by atoms with Gasteiger partial charge >= 0.3 is 0 Å². The second kappa shape index (κ2) is 12.2. The van der Waals surface area contributed by atoms with E-state index in [-0.39, 0.29) is 0 Å². The molecule has 0 saturated heterocycles. The van der Waals surface area contributed by atoms with Gasteiger partial charge in [0.15, 0.2) is 0 Å². The summed E-state index contributed by atoms with van der Waals surface area (Å²) in [5.41, 5.74) is 0. The van der Waals surface area contributed by atoms with Crippen molar-refractivity contribution in [2.45, 2.75) is 90.1 Å². The molecule has 0 aromatic carbocycles. The Bertz CT molecular complexity index is 160. The zero-order valence-corrected chi connectivity index (χ0v) is 15.9. The Labute approximate surface area is 125 Å². The van der Waals surface area contributed by atoms with Crippen molar-refractivity contribution >= 4 is 35.9 Å². The molecule has 0 aliphatic rings.